The van der Waals surface area contributed by atoms with Crippen LogP contribution in [0.15, 0.2) is 36.4 Å². The van der Waals surface area contributed by atoms with E-state index in [-0.39, 0.29) is 6.04 Å². The maximum absolute atomic E-state index is 6.56. The van der Waals surface area contributed by atoms with Gasteiger partial charge in [0.1, 0.15) is 5.75 Å². The van der Waals surface area contributed by atoms with Crippen LogP contribution in [-0.4, -0.2) is 6.61 Å². The minimum absolute atomic E-state index is 0.121. The molecule has 0 saturated carbocycles. The molecule has 0 aliphatic carbocycles. The SMILES string of the molecule is Cc1cccc(C)c1C(N)c1cccc2c1OCCC2. The van der Waals surface area contributed by atoms with Crippen LogP contribution in [0.2, 0.25) is 0 Å². The number of rotatable bonds is 2. The van der Waals surface area contributed by atoms with Gasteiger partial charge in [-0.05, 0) is 48.9 Å². The molecule has 0 radical (unpaired) electrons. The minimum atomic E-state index is -0.121. The predicted octanol–water partition coefficient (Wildman–Crippen LogP) is 3.68. The van der Waals surface area contributed by atoms with Crippen molar-refractivity contribution in [2.75, 3.05) is 6.61 Å². The Bertz CT molecular complexity index is 613. The lowest BCUT2D eigenvalue weighted by Gasteiger charge is -2.25. The van der Waals surface area contributed by atoms with Crippen molar-refractivity contribution in [2.45, 2.75) is 32.7 Å². The Morgan fingerprint density at radius 3 is 2.50 bits per heavy atom. The average molecular weight is 267 g/mol. The maximum atomic E-state index is 6.56. The number of hydrogen-bond donors (Lipinski definition) is 1. The predicted molar refractivity (Wildman–Crippen MR) is 82.2 cm³/mol. The molecule has 1 unspecified atom stereocenters. The van der Waals surface area contributed by atoms with Crippen molar-refractivity contribution in [2.24, 2.45) is 5.73 Å². The zero-order chi connectivity index (χ0) is 14.1. The molecule has 0 fully saturated rings. The summed E-state index contributed by atoms with van der Waals surface area (Å²) in [6.07, 6.45) is 2.18. The van der Waals surface area contributed by atoms with Gasteiger partial charge in [-0.2, -0.15) is 0 Å². The van der Waals surface area contributed by atoms with Gasteiger partial charge in [-0.25, -0.2) is 0 Å². The lowest BCUT2D eigenvalue weighted by atomic mass is 9.89. The van der Waals surface area contributed by atoms with E-state index >= 15 is 0 Å². The van der Waals surface area contributed by atoms with Crippen molar-refractivity contribution in [3.63, 3.8) is 0 Å². The third kappa shape index (κ3) is 2.20. The fourth-order valence-corrected chi connectivity index (χ4v) is 3.13. The van der Waals surface area contributed by atoms with E-state index in [0.29, 0.717) is 0 Å². The summed E-state index contributed by atoms with van der Waals surface area (Å²) in [4.78, 5) is 0. The molecule has 0 saturated heterocycles. The van der Waals surface area contributed by atoms with E-state index in [9.17, 15) is 0 Å². The second-order valence-electron chi connectivity index (χ2n) is 5.57. The van der Waals surface area contributed by atoms with Crippen molar-refractivity contribution < 1.29 is 4.74 Å². The average Bonchev–Trinajstić information content (AvgIpc) is 2.46. The summed E-state index contributed by atoms with van der Waals surface area (Å²) in [5.74, 6) is 1.01. The lowest BCUT2D eigenvalue weighted by molar-refractivity contribution is 0.284. The molecule has 20 heavy (non-hydrogen) atoms. The van der Waals surface area contributed by atoms with Gasteiger partial charge in [0.2, 0.25) is 0 Å². The summed E-state index contributed by atoms with van der Waals surface area (Å²) in [6.45, 7) is 5.04. The first-order valence-electron chi connectivity index (χ1n) is 7.25. The van der Waals surface area contributed by atoms with E-state index in [2.05, 4.69) is 50.2 Å². The van der Waals surface area contributed by atoms with Crippen molar-refractivity contribution in [3.05, 3.63) is 64.2 Å². The van der Waals surface area contributed by atoms with Crippen molar-refractivity contribution >= 4 is 0 Å². The highest BCUT2D eigenvalue weighted by molar-refractivity contribution is 5.50. The van der Waals surface area contributed by atoms with E-state index in [1.807, 2.05) is 0 Å². The fourth-order valence-electron chi connectivity index (χ4n) is 3.13. The molecule has 1 aliphatic rings. The topological polar surface area (TPSA) is 35.2 Å². The number of nitrogens with two attached hydrogens (primary N) is 1. The Labute approximate surface area is 120 Å². The van der Waals surface area contributed by atoms with Crippen LogP contribution in [0, 0.1) is 13.8 Å². The highest BCUT2D eigenvalue weighted by Crippen LogP contribution is 2.36. The monoisotopic (exact) mass is 267 g/mol. The molecule has 2 aromatic carbocycles. The second kappa shape index (κ2) is 5.29. The number of hydrogen-bond acceptors (Lipinski definition) is 2. The number of para-hydroxylation sites is 1. The minimum Gasteiger partial charge on any atom is -0.493 e. The van der Waals surface area contributed by atoms with Crippen LogP contribution in [0.1, 0.15) is 40.3 Å². The van der Waals surface area contributed by atoms with Crippen LogP contribution in [0.25, 0.3) is 0 Å². The molecule has 0 aromatic heterocycles. The second-order valence-corrected chi connectivity index (χ2v) is 5.57. The van der Waals surface area contributed by atoms with Gasteiger partial charge in [0, 0.05) is 5.56 Å². The number of aryl methyl sites for hydroxylation is 3. The summed E-state index contributed by atoms with van der Waals surface area (Å²) in [5, 5.41) is 0. The van der Waals surface area contributed by atoms with Crippen LogP contribution in [0.4, 0.5) is 0 Å². The fraction of sp³-hybridized carbons (Fsp3) is 0.333. The van der Waals surface area contributed by atoms with Gasteiger partial charge in [0.15, 0.2) is 0 Å². The molecule has 0 amide bonds. The summed E-state index contributed by atoms with van der Waals surface area (Å²) < 4.78 is 5.90. The van der Waals surface area contributed by atoms with Crippen molar-refractivity contribution in [1.29, 1.82) is 0 Å². The van der Waals surface area contributed by atoms with Gasteiger partial charge >= 0.3 is 0 Å². The van der Waals surface area contributed by atoms with Crippen molar-refractivity contribution in [1.82, 2.24) is 0 Å². The van der Waals surface area contributed by atoms with E-state index in [0.717, 1.165) is 30.8 Å². The van der Waals surface area contributed by atoms with Crippen LogP contribution in [-0.2, 0) is 6.42 Å². The molecule has 2 heteroatoms. The molecule has 2 N–H and O–H groups in total. The third-order valence-electron chi connectivity index (χ3n) is 4.15. The molecule has 2 nitrogen and oxygen atoms in total. The van der Waals surface area contributed by atoms with E-state index < -0.39 is 0 Å². The molecule has 0 bridgehead atoms. The third-order valence-corrected chi connectivity index (χ3v) is 4.15. The lowest BCUT2D eigenvalue weighted by Crippen LogP contribution is -2.19. The zero-order valence-corrected chi connectivity index (χ0v) is 12.1. The normalized spacial score (nSPS) is 15.3. The zero-order valence-electron chi connectivity index (χ0n) is 12.1. The van der Waals surface area contributed by atoms with Gasteiger partial charge in [0.05, 0.1) is 12.6 Å². The molecule has 2 aromatic rings. The molecule has 104 valence electrons. The Kier molecular flexibility index (Phi) is 3.49. The smallest absolute Gasteiger partial charge is 0.127 e. The molecule has 1 aliphatic heterocycles. The van der Waals surface area contributed by atoms with Crippen LogP contribution in [0.5, 0.6) is 5.75 Å². The standard InChI is InChI=1S/C18H21NO/c1-12-6-3-7-13(2)16(12)17(19)15-10-4-8-14-9-5-11-20-18(14)15/h3-4,6-8,10,17H,5,9,11,19H2,1-2H3. The molecular weight excluding hydrogens is 246 g/mol. The number of fused-ring (bicyclic) bond motifs is 1. The quantitative estimate of drug-likeness (QED) is 0.901. The van der Waals surface area contributed by atoms with E-state index in [4.69, 9.17) is 10.5 Å². The largest absolute Gasteiger partial charge is 0.493 e. The highest BCUT2D eigenvalue weighted by atomic mass is 16.5. The van der Waals surface area contributed by atoms with Crippen molar-refractivity contribution in [3.8, 4) is 5.75 Å². The van der Waals surface area contributed by atoms with E-state index in [1.54, 1.807) is 0 Å². The number of benzene rings is 2. The number of ether oxygens (including phenoxy) is 1. The molecule has 1 heterocycles. The molecule has 1 atom stereocenters. The Hall–Kier alpha value is -1.80. The van der Waals surface area contributed by atoms with Gasteiger partial charge in [0.25, 0.3) is 0 Å². The highest BCUT2D eigenvalue weighted by Gasteiger charge is 2.21. The van der Waals surface area contributed by atoms with Gasteiger partial charge < -0.3 is 10.5 Å². The van der Waals surface area contributed by atoms with Crippen LogP contribution < -0.4 is 10.5 Å². The first-order chi connectivity index (χ1) is 9.68. The Morgan fingerprint density at radius 1 is 1.05 bits per heavy atom. The maximum Gasteiger partial charge on any atom is 0.127 e. The van der Waals surface area contributed by atoms with Crippen LogP contribution >= 0.6 is 0 Å². The Balaban J connectivity index is 2.09. The van der Waals surface area contributed by atoms with Crippen LogP contribution in [0.3, 0.4) is 0 Å². The van der Waals surface area contributed by atoms with E-state index in [1.165, 1.54) is 22.3 Å². The summed E-state index contributed by atoms with van der Waals surface area (Å²) in [5.41, 5.74) is 12.7. The summed E-state index contributed by atoms with van der Waals surface area (Å²) in [6, 6.07) is 12.5. The Morgan fingerprint density at radius 2 is 1.75 bits per heavy atom. The van der Waals surface area contributed by atoms with Gasteiger partial charge in [-0.1, -0.05) is 36.4 Å². The van der Waals surface area contributed by atoms with Gasteiger partial charge in [-0.15, -0.1) is 0 Å². The molecule has 3 rings (SSSR count). The first-order valence-corrected chi connectivity index (χ1v) is 7.25. The first kappa shape index (κ1) is 13.2. The molecule has 0 spiro atoms. The van der Waals surface area contributed by atoms with Gasteiger partial charge in [-0.3, -0.25) is 0 Å². The summed E-state index contributed by atoms with van der Waals surface area (Å²) >= 11 is 0. The molecular formula is C18H21NO. The summed E-state index contributed by atoms with van der Waals surface area (Å²) in [7, 11) is 0.